The molecule has 11 nitrogen and oxygen atoms in total. The Morgan fingerprint density at radius 1 is 0.610 bits per heavy atom. The molecule has 3 N–H and O–H groups in total. The summed E-state index contributed by atoms with van der Waals surface area (Å²) in [6.45, 7) is 7.89. The average molecular weight is 852 g/mol. The first-order chi connectivity index (χ1) is 28.6. The van der Waals surface area contributed by atoms with Gasteiger partial charge in [0.05, 0.1) is 13.2 Å². The van der Waals surface area contributed by atoms with Gasteiger partial charge in [-0.05, 0) is 75.6 Å². The first-order valence-electron chi connectivity index (χ1n) is 23.4. The molecular weight excluding hydrogens is 769 g/mol. The zero-order valence-electron chi connectivity index (χ0n) is 37.5. The summed E-state index contributed by atoms with van der Waals surface area (Å²) in [7, 11) is -4.40. The predicted octanol–water partition coefficient (Wildman–Crippen LogP) is 12.3. The Balaban J connectivity index is 1.56. The van der Waals surface area contributed by atoms with Crippen molar-refractivity contribution in [2.45, 2.75) is 214 Å². The minimum atomic E-state index is -4.40. The van der Waals surface area contributed by atoms with Crippen molar-refractivity contribution in [1.82, 2.24) is 0 Å². The van der Waals surface area contributed by atoms with E-state index in [-0.39, 0.29) is 32.6 Å². The van der Waals surface area contributed by atoms with E-state index >= 15 is 0 Å². The number of aryl methyl sites for hydroxylation is 6. The van der Waals surface area contributed by atoms with E-state index in [2.05, 4.69) is 39.8 Å². The molecule has 0 spiro atoms. The number of rotatable bonds is 39. The molecule has 0 aliphatic carbocycles. The van der Waals surface area contributed by atoms with Crippen LogP contribution in [-0.4, -0.2) is 49.3 Å². The van der Waals surface area contributed by atoms with Gasteiger partial charge in [0.2, 0.25) is 0 Å². The molecule has 2 heterocycles. The second kappa shape index (κ2) is 33.2. The van der Waals surface area contributed by atoms with Crippen LogP contribution in [0.1, 0.15) is 202 Å². The number of carbonyl (C=O) groups excluding carboxylic acids is 2. The van der Waals surface area contributed by atoms with Gasteiger partial charge in [0.15, 0.2) is 6.10 Å². The molecule has 0 aliphatic rings. The highest BCUT2D eigenvalue weighted by atomic mass is 31.2. The fourth-order valence-electron chi connectivity index (χ4n) is 7.25. The van der Waals surface area contributed by atoms with Crippen molar-refractivity contribution < 1.29 is 46.4 Å². The molecular formula is C47H82NO10P. The SMILES string of the molecule is CCCCCc1cc(C)c(CCCCCCCCCCCCC(=O)OC[C@H](COP(=O)(O)OCCN)OC(=O)CCCCCCCCc2oc(CCCCC)cc2C)o1. The summed E-state index contributed by atoms with van der Waals surface area (Å²) in [6.07, 6.45) is 27.8. The van der Waals surface area contributed by atoms with Crippen LogP contribution in [0, 0.1) is 13.8 Å². The van der Waals surface area contributed by atoms with Gasteiger partial charge in [0.1, 0.15) is 29.6 Å². The third kappa shape index (κ3) is 26.5. The van der Waals surface area contributed by atoms with Gasteiger partial charge in [-0.1, -0.05) is 117 Å². The number of nitrogens with two attached hydrogens (primary N) is 1. The summed E-state index contributed by atoms with van der Waals surface area (Å²) in [5.41, 5.74) is 7.91. The molecule has 12 heteroatoms. The van der Waals surface area contributed by atoms with E-state index < -0.39 is 32.5 Å². The minimum absolute atomic E-state index is 0.0427. The normalized spacial score (nSPS) is 13.1. The number of furan rings is 2. The first-order valence-corrected chi connectivity index (χ1v) is 24.9. The highest BCUT2D eigenvalue weighted by molar-refractivity contribution is 7.47. The van der Waals surface area contributed by atoms with Crippen LogP contribution < -0.4 is 5.73 Å². The number of carbonyl (C=O) groups is 2. The third-order valence-electron chi connectivity index (χ3n) is 10.8. The molecule has 2 aromatic rings. The van der Waals surface area contributed by atoms with Gasteiger partial charge in [-0.3, -0.25) is 18.6 Å². The number of phosphoric acid groups is 1. The molecule has 0 bridgehead atoms. The number of hydrogen-bond acceptors (Lipinski definition) is 10. The maximum Gasteiger partial charge on any atom is 0.472 e. The highest BCUT2D eigenvalue weighted by Crippen LogP contribution is 2.43. The molecule has 0 radical (unpaired) electrons. The quantitative estimate of drug-likeness (QED) is 0.0374. The lowest BCUT2D eigenvalue weighted by molar-refractivity contribution is -0.161. The number of unbranched alkanes of at least 4 members (excludes halogenated alkanes) is 18. The molecule has 0 aliphatic heterocycles. The van der Waals surface area contributed by atoms with E-state index in [1.165, 1.54) is 93.9 Å². The molecule has 0 aromatic carbocycles. The average Bonchev–Trinajstić information content (AvgIpc) is 3.75. The van der Waals surface area contributed by atoms with Crippen LogP contribution >= 0.6 is 7.82 Å². The van der Waals surface area contributed by atoms with Crippen molar-refractivity contribution in [1.29, 1.82) is 0 Å². The number of hydrogen-bond donors (Lipinski definition) is 2. The predicted molar refractivity (Wildman–Crippen MR) is 235 cm³/mol. The molecule has 2 atom stereocenters. The Bertz CT molecular complexity index is 1420. The lowest BCUT2D eigenvalue weighted by atomic mass is 10.0. The Labute approximate surface area is 357 Å². The number of esters is 2. The summed E-state index contributed by atoms with van der Waals surface area (Å²) < 4.78 is 45.1. The van der Waals surface area contributed by atoms with Crippen molar-refractivity contribution in [2.24, 2.45) is 5.73 Å². The standard InChI is InChI=1S/C47H82NO10P/c1-5-7-21-27-41-35-39(3)44(56-41)29-23-17-13-11-9-10-12-14-19-25-31-46(49)53-37-43(38-55-59(51,52)54-34-33-48)58-47(50)32-26-20-16-15-18-24-30-45-40(4)36-42(57-45)28-22-8-6-2/h35-36,43H,5-34,37-38,48H2,1-4H3,(H,51,52)/t43-/m1/s1. The van der Waals surface area contributed by atoms with Crippen LogP contribution in [0.25, 0.3) is 0 Å². The van der Waals surface area contributed by atoms with E-state index in [1.807, 2.05) is 0 Å². The first kappa shape index (κ1) is 52.7. The monoisotopic (exact) mass is 852 g/mol. The Kier molecular flexibility index (Phi) is 29.7. The number of phosphoric ester groups is 1. The van der Waals surface area contributed by atoms with Crippen LogP contribution in [0.15, 0.2) is 21.0 Å². The second-order valence-corrected chi connectivity index (χ2v) is 17.8. The van der Waals surface area contributed by atoms with Gasteiger partial charge >= 0.3 is 19.8 Å². The third-order valence-corrected chi connectivity index (χ3v) is 11.8. The highest BCUT2D eigenvalue weighted by Gasteiger charge is 2.26. The van der Waals surface area contributed by atoms with E-state index in [0.29, 0.717) is 12.8 Å². The van der Waals surface area contributed by atoms with Crippen molar-refractivity contribution in [3.8, 4) is 0 Å². The lowest BCUT2D eigenvalue weighted by Crippen LogP contribution is -2.29. The van der Waals surface area contributed by atoms with Gasteiger partial charge in [-0.2, -0.15) is 0 Å². The second-order valence-electron chi connectivity index (χ2n) is 16.4. The summed E-state index contributed by atoms with van der Waals surface area (Å²) >= 11 is 0. The zero-order valence-corrected chi connectivity index (χ0v) is 38.4. The van der Waals surface area contributed by atoms with E-state index in [4.69, 9.17) is 33.1 Å². The smallest absolute Gasteiger partial charge is 0.466 e. The van der Waals surface area contributed by atoms with Gasteiger partial charge in [-0.25, -0.2) is 4.57 Å². The summed E-state index contributed by atoms with van der Waals surface area (Å²) in [6, 6.07) is 4.41. The maximum atomic E-state index is 12.7. The fourth-order valence-corrected chi connectivity index (χ4v) is 8.02. The van der Waals surface area contributed by atoms with Gasteiger partial charge in [0.25, 0.3) is 0 Å². The molecule has 0 saturated carbocycles. The van der Waals surface area contributed by atoms with Gasteiger partial charge < -0.3 is 28.9 Å². The molecule has 340 valence electrons. The zero-order chi connectivity index (χ0) is 43.0. The van der Waals surface area contributed by atoms with Crippen LogP contribution in [-0.2, 0) is 58.4 Å². The Hall–Kier alpha value is -2.43. The molecule has 2 aromatic heterocycles. The van der Waals surface area contributed by atoms with Crippen molar-refractivity contribution in [3.63, 3.8) is 0 Å². The minimum Gasteiger partial charge on any atom is -0.466 e. The van der Waals surface area contributed by atoms with E-state index in [9.17, 15) is 19.0 Å². The van der Waals surface area contributed by atoms with Crippen molar-refractivity contribution in [2.75, 3.05) is 26.4 Å². The van der Waals surface area contributed by atoms with Gasteiger partial charge in [0, 0.05) is 45.1 Å². The molecule has 0 amide bonds. The molecule has 59 heavy (non-hydrogen) atoms. The molecule has 2 rings (SSSR count). The molecule has 0 fully saturated rings. The molecule has 0 saturated heterocycles. The Morgan fingerprint density at radius 3 is 1.49 bits per heavy atom. The maximum absolute atomic E-state index is 12.7. The summed E-state index contributed by atoms with van der Waals surface area (Å²) in [5, 5.41) is 0. The summed E-state index contributed by atoms with van der Waals surface area (Å²) in [5.74, 6) is 3.65. The van der Waals surface area contributed by atoms with Crippen LogP contribution in [0.5, 0.6) is 0 Å². The topological polar surface area (TPSA) is 161 Å². The van der Waals surface area contributed by atoms with Crippen LogP contribution in [0.3, 0.4) is 0 Å². The van der Waals surface area contributed by atoms with Crippen molar-refractivity contribution >= 4 is 19.8 Å². The van der Waals surface area contributed by atoms with Crippen LogP contribution in [0.4, 0.5) is 0 Å². The van der Waals surface area contributed by atoms with E-state index in [1.54, 1.807) is 0 Å². The summed E-state index contributed by atoms with van der Waals surface area (Å²) in [4.78, 5) is 35.1. The Morgan fingerprint density at radius 2 is 1.03 bits per heavy atom. The molecule has 1 unspecified atom stereocenters. The number of ether oxygens (including phenoxy) is 2. The largest absolute Gasteiger partial charge is 0.472 e. The lowest BCUT2D eigenvalue weighted by Gasteiger charge is -2.19. The van der Waals surface area contributed by atoms with Crippen LogP contribution in [0.2, 0.25) is 0 Å². The van der Waals surface area contributed by atoms with E-state index in [0.717, 1.165) is 94.3 Å². The van der Waals surface area contributed by atoms with Crippen molar-refractivity contribution in [3.05, 3.63) is 46.3 Å². The van der Waals surface area contributed by atoms with Gasteiger partial charge in [-0.15, -0.1) is 0 Å². The fraction of sp³-hybridized carbons (Fsp3) is 0.787.